The summed E-state index contributed by atoms with van der Waals surface area (Å²) in [5.74, 6) is -2.68. The van der Waals surface area contributed by atoms with Gasteiger partial charge in [-0.25, -0.2) is 9.78 Å². The van der Waals surface area contributed by atoms with E-state index >= 15 is 0 Å². The number of anilines is 1. The topological polar surface area (TPSA) is 142 Å². The van der Waals surface area contributed by atoms with E-state index in [1.54, 1.807) is 32.2 Å². The van der Waals surface area contributed by atoms with Gasteiger partial charge in [0.25, 0.3) is 17.2 Å². The third-order valence-corrected chi connectivity index (χ3v) is 7.66. The van der Waals surface area contributed by atoms with Crippen LogP contribution in [0.15, 0.2) is 46.7 Å². The highest BCUT2D eigenvalue weighted by molar-refractivity contribution is 7.16. The van der Waals surface area contributed by atoms with Gasteiger partial charge in [0.1, 0.15) is 11.5 Å². The van der Waals surface area contributed by atoms with E-state index in [0.717, 1.165) is 34.0 Å². The van der Waals surface area contributed by atoms with E-state index in [-0.39, 0.29) is 27.9 Å². The number of thiazole rings is 1. The fourth-order valence-corrected chi connectivity index (χ4v) is 5.21. The minimum absolute atomic E-state index is 0.0485. The molecule has 4 heterocycles. The summed E-state index contributed by atoms with van der Waals surface area (Å²) >= 11 is 8.53. The average molecular weight is 602 g/mol. The molecule has 0 atom stereocenters. The Bertz CT molecular complexity index is 1660. The second-order valence-corrected chi connectivity index (χ2v) is 12.3. The van der Waals surface area contributed by atoms with Gasteiger partial charge in [0.15, 0.2) is 5.01 Å². The van der Waals surface area contributed by atoms with Crippen molar-refractivity contribution < 1.29 is 23.9 Å². The van der Waals surface area contributed by atoms with Gasteiger partial charge in [-0.15, -0.1) is 22.7 Å². The molecule has 4 rings (SSSR count). The zero-order chi connectivity index (χ0) is 29.2. The van der Waals surface area contributed by atoms with Crippen molar-refractivity contribution in [3.05, 3.63) is 72.0 Å². The van der Waals surface area contributed by atoms with Crippen molar-refractivity contribution in [2.24, 2.45) is 5.41 Å². The SMILES string of the molecule is COC(=O)C(=O)c1cc(-c2cc(NCc3ccc(Cl)s3)n(C(=O)C(C)(C)C)n2)n(CC(=O)c2nccs2)c(=O)c1. The number of carbonyl (C=O) groups is 4. The predicted octanol–water partition coefficient (Wildman–Crippen LogP) is 4.42. The Kier molecular flexibility index (Phi) is 8.47. The number of esters is 1. The van der Waals surface area contributed by atoms with E-state index in [9.17, 15) is 24.0 Å². The number of aromatic nitrogens is 4. The van der Waals surface area contributed by atoms with Crippen LogP contribution in [0.25, 0.3) is 11.4 Å². The molecule has 4 aromatic rings. The molecule has 0 aliphatic rings. The normalized spacial score (nSPS) is 11.3. The van der Waals surface area contributed by atoms with Gasteiger partial charge in [0, 0.05) is 39.6 Å². The Morgan fingerprint density at radius 2 is 1.88 bits per heavy atom. The van der Waals surface area contributed by atoms with Crippen molar-refractivity contribution in [3.8, 4) is 11.4 Å². The van der Waals surface area contributed by atoms with Gasteiger partial charge in [-0.3, -0.25) is 23.7 Å². The number of thiophene rings is 1. The Balaban J connectivity index is 1.86. The van der Waals surface area contributed by atoms with Crippen molar-refractivity contribution in [1.82, 2.24) is 19.3 Å². The number of hydrogen-bond acceptors (Lipinski definition) is 11. The highest BCUT2D eigenvalue weighted by atomic mass is 35.5. The van der Waals surface area contributed by atoms with Crippen LogP contribution in [0.5, 0.6) is 0 Å². The number of nitrogens with one attached hydrogen (secondary N) is 1. The monoisotopic (exact) mass is 601 g/mol. The van der Waals surface area contributed by atoms with Crippen LogP contribution in [0.1, 0.15) is 50.6 Å². The first-order valence-corrected chi connectivity index (χ1v) is 13.9. The number of Topliss-reactive ketones (excluding diaryl/α,β-unsaturated/α-hetero) is 2. The minimum atomic E-state index is -1.16. The highest BCUT2D eigenvalue weighted by Gasteiger charge is 2.29. The Morgan fingerprint density at radius 1 is 1.12 bits per heavy atom. The molecule has 0 fully saturated rings. The fraction of sp³-hybridized carbons (Fsp3) is 0.269. The van der Waals surface area contributed by atoms with E-state index in [2.05, 4.69) is 20.1 Å². The van der Waals surface area contributed by atoms with E-state index in [4.69, 9.17) is 11.6 Å². The van der Waals surface area contributed by atoms with Gasteiger partial charge in [-0.05, 0) is 18.2 Å². The molecule has 4 aromatic heterocycles. The van der Waals surface area contributed by atoms with Crippen molar-refractivity contribution >= 4 is 63.5 Å². The number of ether oxygens (including phenoxy) is 1. The molecule has 14 heteroatoms. The van der Waals surface area contributed by atoms with E-state index < -0.39 is 35.1 Å². The maximum absolute atomic E-state index is 13.3. The average Bonchev–Trinajstić information content (AvgIpc) is 3.67. The first-order valence-electron chi connectivity index (χ1n) is 11.8. The van der Waals surface area contributed by atoms with Crippen LogP contribution in [-0.4, -0.2) is 49.9 Å². The smallest absolute Gasteiger partial charge is 0.379 e. The zero-order valence-electron chi connectivity index (χ0n) is 21.9. The number of hydrogen-bond donors (Lipinski definition) is 1. The molecule has 0 aromatic carbocycles. The van der Waals surface area contributed by atoms with E-state index in [1.807, 2.05) is 6.07 Å². The number of ketones is 2. The summed E-state index contributed by atoms with van der Waals surface area (Å²) in [6, 6.07) is 7.36. The summed E-state index contributed by atoms with van der Waals surface area (Å²) < 4.78 is 7.43. The standard InChI is InChI=1S/C26H24ClN5O6S2/c1-26(2,3)25(37)32-20(29-12-15-5-6-19(27)40-15)11-16(30-32)17-9-14(22(35)24(36)38-4)10-21(34)31(17)13-18(33)23-28-7-8-39-23/h5-11,29H,12-13H2,1-4H3. The molecule has 0 saturated heterocycles. The van der Waals surface area contributed by atoms with Crippen LogP contribution < -0.4 is 10.9 Å². The van der Waals surface area contributed by atoms with Gasteiger partial charge >= 0.3 is 5.97 Å². The van der Waals surface area contributed by atoms with E-state index in [1.165, 1.54) is 34.3 Å². The molecule has 0 aliphatic carbocycles. The third kappa shape index (κ3) is 6.27. The Morgan fingerprint density at radius 3 is 2.48 bits per heavy atom. The van der Waals surface area contributed by atoms with Crippen molar-refractivity contribution in [2.75, 3.05) is 12.4 Å². The molecule has 0 amide bonds. The molecule has 40 heavy (non-hydrogen) atoms. The number of rotatable bonds is 9. The molecule has 208 valence electrons. The quantitative estimate of drug-likeness (QED) is 0.167. The molecule has 0 saturated carbocycles. The van der Waals surface area contributed by atoms with Crippen LogP contribution in [0.3, 0.4) is 0 Å². The lowest BCUT2D eigenvalue weighted by Crippen LogP contribution is -2.29. The van der Waals surface area contributed by atoms with Gasteiger partial charge in [-0.1, -0.05) is 32.4 Å². The summed E-state index contributed by atoms with van der Waals surface area (Å²) in [7, 11) is 1.05. The Hall–Kier alpha value is -3.94. The lowest BCUT2D eigenvalue weighted by molar-refractivity contribution is -0.135. The molecule has 0 aliphatic heterocycles. The van der Waals surface area contributed by atoms with Crippen LogP contribution in [0.4, 0.5) is 5.82 Å². The molecule has 0 radical (unpaired) electrons. The van der Waals surface area contributed by atoms with Gasteiger partial charge in [0.05, 0.1) is 30.2 Å². The number of halogens is 1. The third-order valence-electron chi connectivity index (χ3n) is 5.61. The highest BCUT2D eigenvalue weighted by Crippen LogP contribution is 2.28. The number of methoxy groups -OCH3 is 1. The van der Waals surface area contributed by atoms with Crippen LogP contribution >= 0.6 is 34.3 Å². The summed E-state index contributed by atoms with van der Waals surface area (Å²) in [6.07, 6.45) is 1.47. The molecule has 0 bridgehead atoms. The summed E-state index contributed by atoms with van der Waals surface area (Å²) in [5, 5.41) is 9.47. The van der Waals surface area contributed by atoms with Crippen LogP contribution in [-0.2, 0) is 22.6 Å². The van der Waals surface area contributed by atoms with E-state index in [0.29, 0.717) is 16.7 Å². The Labute approximate surface area is 241 Å². The van der Waals surface area contributed by atoms with Gasteiger partial charge < -0.3 is 10.1 Å². The lowest BCUT2D eigenvalue weighted by atomic mass is 9.96. The summed E-state index contributed by atoms with van der Waals surface area (Å²) in [6.45, 7) is 5.12. The first kappa shape index (κ1) is 29.1. The summed E-state index contributed by atoms with van der Waals surface area (Å²) in [5.41, 5.74) is -1.63. The number of nitrogens with zero attached hydrogens (tertiary/aromatic N) is 4. The molecular weight excluding hydrogens is 578 g/mol. The van der Waals surface area contributed by atoms with Crippen molar-refractivity contribution in [1.29, 1.82) is 0 Å². The minimum Gasteiger partial charge on any atom is -0.463 e. The number of pyridine rings is 1. The lowest BCUT2D eigenvalue weighted by Gasteiger charge is -2.18. The fourth-order valence-electron chi connectivity index (χ4n) is 3.62. The molecular formula is C26H24ClN5O6S2. The first-order chi connectivity index (χ1) is 18.9. The maximum Gasteiger partial charge on any atom is 0.379 e. The van der Waals surface area contributed by atoms with Gasteiger partial charge in [0.2, 0.25) is 5.78 Å². The van der Waals surface area contributed by atoms with Crippen LogP contribution in [0.2, 0.25) is 4.34 Å². The molecule has 11 nitrogen and oxygen atoms in total. The zero-order valence-corrected chi connectivity index (χ0v) is 24.3. The van der Waals surface area contributed by atoms with Crippen molar-refractivity contribution in [2.45, 2.75) is 33.9 Å². The van der Waals surface area contributed by atoms with Crippen LogP contribution in [0, 0.1) is 5.41 Å². The second-order valence-electron chi connectivity index (χ2n) is 9.58. The maximum atomic E-state index is 13.3. The molecule has 1 N–H and O–H groups in total. The number of carbonyl (C=O) groups excluding carboxylic acids is 4. The second kappa shape index (κ2) is 11.7. The van der Waals surface area contributed by atoms with Gasteiger partial charge in [-0.2, -0.15) is 9.78 Å². The van der Waals surface area contributed by atoms with Crippen molar-refractivity contribution in [3.63, 3.8) is 0 Å². The largest absolute Gasteiger partial charge is 0.463 e. The molecule has 0 unspecified atom stereocenters. The summed E-state index contributed by atoms with van der Waals surface area (Å²) in [4.78, 5) is 68.9. The predicted molar refractivity (Wildman–Crippen MR) is 151 cm³/mol. The molecule has 0 spiro atoms.